The van der Waals surface area contributed by atoms with Gasteiger partial charge in [0.2, 0.25) is 0 Å². The Hall–Kier alpha value is -3.10. The summed E-state index contributed by atoms with van der Waals surface area (Å²) in [5.41, 5.74) is 0.183. The molecule has 0 saturated carbocycles. The first kappa shape index (κ1) is 16.7. The van der Waals surface area contributed by atoms with Gasteiger partial charge >= 0.3 is 5.69 Å². The molecule has 2 aromatic heterocycles. The van der Waals surface area contributed by atoms with Gasteiger partial charge in [0.1, 0.15) is 0 Å². The number of nitrogens with zero attached hydrogens (tertiary/aromatic N) is 3. The average Bonchev–Trinajstić information content (AvgIpc) is 2.62. The Balaban J connectivity index is 2.26. The van der Waals surface area contributed by atoms with Gasteiger partial charge in [-0.05, 0) is 31.2 Å². The Bertz CT molecular complexity index is 1180. The van der Waals surface area contributed by atoms with Crippen molar-refractivity contribution in [2.45, 2.75) is 6.92 Å². The first-order valence-electron chi connectivity index (χ1n) is 7.54. The predicted molar refractivity (Wildman–Crippen MR) is 99.3 cm³/mol. The second-order valence-electron chi connectivity index (χ2n) is 5.30. The Morgan fingerprint density at radius 1 is 1.24 bits per heavy atom. The van der Waals surface area contributed by atoms with E-state index in [9.17, 15) is 9.59 Å². The summed E-state index contributed by atoms with van der Waals surface area (Å²) in [4.78, 5) is 29.6. The maximum Gasteiger partial charge on any atom is 0.337 e. The van der Waals surface area contributed by atoms with Gasteiger partial charge in [0.05, 0.1) is 15.9 Å². The van der Waals surface area contributed by atoms with Gasteiger partial charge in [-0.3, -0.25) is 9.36 Å². The fraction of sp³-hybridized carbons (Fsp3) is 0.105. The van der Waals surface area contributed by atoms with Gasteiger partial charge in [0, 0.05) is 18.8 Å². The van der Waals surface area contributed by atoms with Crippen LogP contribution in [0.4, 0.5) is 0 Å². The van der Waals surface area contributed by atoms with Crippen molar-refractivity contribution < 1.29 is 0 Å². The van der Waals surface area contributed by atoms with Gasteiger partial charge < -0.3 is 0 Å². The molecule has 6 heteroatoms. The lowest BCUT2D eigenvalue weighted by Gasteiger charge is -2.11. The Labute approximate surface area is 148 Å². The Kier molecular flexibility index (Phi) is 4.55. The summed E-state index contributed by atoms with van der Waals surface area (Å²) in [5, 5.41) is 0.598. The summed E-state index contributed by atoms with van der Waals surface area (Å²) in [6.45, 7) is 1.87. The summed E-state index contributed by atoms with van der Waals surface area (Å²) in [7, 11) is 1.60. The fourth-order valence-electron chi connectivity index (χ4n) is 2.47. The van der Waals surface area contributed by atoms with Crippen LogP contribution in [0.5, 0.6) is 0 Å². The Morgan fingerprint density at radius 3 is 2.72 bits per heavy atom. The molecule has 3 rings (SSSR count). The molecular weight excluding hydrogens is 338 g/mol. The number of aryl methyl sites for hydroxylation is 1. The second-order valence-corrected chi connectivity index (χ2v) is 5.71. The normalized spacial score (nSPS) is 10.8. The van der Waals surface area contributed by atoms with Gasteiger partial charge in [0.25, 0.3) is 5.56 Å². The molecule has 0 amide bonds. The van der Waals surface area contributed by atoms with Gasteiger partial charge in [-0.15, -0.1) is 0 Å². The number of allylic oxidation sites excluding steroid dienone is 2. The van der Waals surface area contributed by atoms with E-state index in [0.717, 1.165) is 4.57 Å². The first-order valence-corrected chi connectivity index (χ1v) is 7.91. The summed E-state index contributed by atoms with van der Waals surface area (Å²) in [6, 6.07) is 8.49. The van der Waals surface area contributed by atoms with E-state index >= 15 is 0 Å². The molecule has 0 radical (unpaired) electrons. The predicted octanol–water partition coefficient (Wildman–Crippen LogP) is 2.67. The number of rotatable bonds is 1. The highest BCUT2D eigenvalue weighted by Crippen LogP contribution is 2.17. The van der Waals surface area contributed by atoms with E-state index in [1.165, 1.54) is 10.8 Å². The van der Waals surface area contributed by atoms with E-state index in [1.807, 2.05) is 13.0 Å². The third-order valence-electron chi connectivity index (χ3n) is 3.68. The smallest absolute Gasteiger partial charge is 0.296 e. The molecular formula is C19H14ClN3O2. The van der Waals surface area contributed by atoms with E-state index in [2.05, 4.69) is 16.8 Å². The van der Waals surface area contributed by atoms with Gasteiger partial charge in [0.15, 0.2) is 5.82 Å². The Morgan fingerprint density at radius 2 is 2.00 bits per heavy atom. The number of para-hydroxylation sites is 1. The second kappa shape index (κ2) is 6.80. The van der Waals surface area contributed by atoms with E-state index in [1.54, 1.807) is 43.5 Å². The molecule has 0 saturated heterocycles. The largest absolute Gasteiger partial charge is 0.337 e. The number of hydrogen-bond acceptors (Lipinski definition) is 3. The van der Waals surface area contributed by atoms with Crippen molar-refractivity contribution in [3.05, 3.63) is 80.1 Å². The van der Waals surface area contributed by atoms with Crippen molar-refractivity contribution in [3.63, 3.8) is 0 Å². The number of pyridine rings is 1. The highest BCUT2D eigenvalue weighted by molar-refractivity contribution is 6.32. The lowest BCUT2D eigenvalue weighted by atomic mass is 10.2. The molecule has 124 valence electrons. The molecule has 0 unspecified atom stereocenters. The summed E-state index contributed by atoms with van der Waals surface area (Å²) in [6.07, 6.45) is 5.00. The van der Waals surface area contributed by atoms with Crippen molar-refractivity contribution in [1.29, 1.82) is 0 Å². The van der Waals surface area contributed by atoms with Crippen LogP contribution in [0.1, 0.15) is 12.5 Å². The van der Waals surface area contributed by atoms with Crippen molar-refractivity contribution in [2.24, 2.45) is 7.05 Å². The third-order valence-corrected chi connectivity index (χ3v) is 3.96. The molecule has 0 bridgehead atoms. The maximum atomic E-state index is 12.8. The molecule has 0 fully saturated rings. The molecule has 3 aromatic rings. The topological polar surface area (TPSA) is 56.9 Å². The van der Waals surface area contributed by atoms with Crippen LogP contribution in [0.2, 0.25) is 5.02 Å². The van der Waals surface area contributed by atoms with Crippen LogP contribution in [0.15, 0.2) is 58.3 Å². The standard InChI is InChI=1S/C19H14ClN3O2/c1-3-4-5-8-13-11-15(20)17(21-12-13)23-18(24)14-9-6-7-10-16(14)22(2)19(23)25/h3-4,6-7,9-12H,1-2H3. The number of hydrogen-bond donors (Lipinski definition) is 0. The van der Waals surface area contributed by atoms with Crippen molar-refractivity contribution >= 4 is 22.5 Å². The van der Waals surface area contributed by atoms with Gasteiger partial charge in [-0.2, -0.15) is 0 Å². The fourth-order valence-corrected chi connectivity index (χ4v) is 2.72. The highest BCUT2D eigenvalue weighted by Gasteiger charge is 2.15. The lowest BCUT2D eigenvalue weighted by Crippen LogP contribution is -2.38. The molecule has 1 aromatic carbocycles. The minimum Gasteiger partial charge on any atom is -0.296 e. The molecule has 0 atom stereocenters. The van der Waals surface area contributed by atoms with E-state index in [4.69, 9.17) is 11.6 Å². The van der Waals surface area contributed by atoms with E-state index in [-0.39, 0.29) is 10.8 Å². The van der Waals surface area contributed by atoms with Crippen LogP contribution in [0.25, 0.3) is 16.7 Å². The zero-order chi connectivity index (χ0) is 18.0. The molecule has 0 spiro atoms. The van der Waals surface area contributed by atoms with E-state index < -0.39 is 11.2 Å². The third kappa shape index (κ3) is 3.00. The van der Waals surface area contributed by atoms with E-state index in [0.29, 0.717) is 16.5 Å². The monoisotopic (exact) mass is 351 g/mol. The number of benzene rings is 1. The summed E-state index contributed by atoms with van der Waals surface area (Å²) >= 11 is 6.27. The maximum absolute atomic E-state index is 12.8. The molecule has 2 heterocycles. The van der Waals surface area contributed by atoms with Gasteiger partial charge in [-0.1, -0.05) is 41.7 Å². The number of halogens is 1. The van der Waals surface area contributed by atoms with Crippen molar-refractivity contribution in [3.8, 4) is 17.7 Å². The molecule has 5 nitrogen and oxygen atoms in total. The summed E-state index contributed by atoms with van der Waals surface area (Å²) in [5.74, 6) is 5.80. The average molecular weight is 352 g/mol. The van der Waals surface area contributed by atoms with Crippen LogP contribution in [0, 0.1) is 11.8 Å². The van der Waals surface area contributed by atoms with Crippen molar-refractivity contribution in [2.75, 3.05) is 0 Å². The molecule has 0 N–H and O–H groups in total. The van der Waals surface area contributed by atoms with Crippen LogP contribution >= 0.6 is 11.6 Å². The lowest BCUT2D eigenvalue weighted by molar-refractivity contribution is 0.761. The molecule has 0 aliphatic rings. The molecule has 0 aliphatic heterocycles. The molecule has 25 heavy (non-hydrogen) atoms. The summed E-state index contributed by atoms with van der Waals surface area (Å²) < 4.78 is 2.38. The van der Waals surface area contributed by atoms with Gasteiger partial charge in [-0.25, -0.2) is 14.3 Å². The van der Waals surface area contributed by atoms with Crippen LogP contribution in [-0.4, -0.2) is 14.1 Å². The van der Waals surface area contributed by atoms with Crippen LogP contribution < -0.4 is 11.2 Å². The zero-order valence-corrected chi connectivity index (χ0v) is 14.4. The minimum absolute atomic E-state index is 0.0922. The minimum atomic E-state index is -0.508. The molecule has 0 aliphatic carbocycles. The zero-order valence-electron chi connectivity index (χ0n) is 13.7. The number of aromatic nitrogens is 3. The SMILES string of the molecule is CC=CC#Cc1cnc(-n2c(=O)c3ccccc3n(C)c2=O)c(Cl)c1. The number of fused-ring (bicyclic) bond motifs is 1. The first-order chi connectivity index (χ1) is 12.0. The van der Waals surface area contributed by atoms with Crippen LogP contribution in [0.3, 0.4) is 0 Å². The van der Waals surface area contributed by atoms with Crippen molar-refractivity contribution in [1.82, 2.24) is 14.1 Å². The highest BCUT2D eigenvalue weighted by atomic mass is 35.5. The quantitative estimate of drug-likeness (QED) is 0.633. The van der Waals surface area contributed by atoms with Crippen LogP contribution in [-0.2, 0) is 7.05 Å².